The van der Waals surface area contributed by atoms with E-state index in [1.165, 1.54) is 13.2 Å². The van der Waals surface area contributed by atoms with Crippen molar-refractivity contribution in [1.29, 1.82) is 0 Å². The van der Waals surface area contributed by atoms with Gasteiger partial charge in [-0.05, 0) is 24.3 Å². The molecular formula is C15H13ClN4O5S. The van der Waals surface area contributed by atoms with Gasteiger partial charge in [-0.1, -0.05) is 11.6 Å². The summed E-state index contributed by atoms with van der Waals surface area (Å²) in [7, 11) is -2.79. The molecule has 1 N–H and O–H groups in total. The SMILES string of the molecule is COc1ccc(S(=O)(=O)NCc2cn3cc(Cl)ccc3n2)c([N+](=O)[O-])c1. The summed E-state index contributed by atoms with van der Waals surface area (Å²) in [5.41, 5.74) is 0.463. The van der Waals surface area contributed by atoms with Crippen molar-refractivity contribution < 1.29 is 18.1 Å². The topological polar surface area (TPSA) is 116 Å². The van der Waals surface area contributed by atoms with Crippen molar-refractivity contribution in [3.63, 3.8) is 0 Å². The van der Waals surface area contributed by atoms with Gasteiger partial charge in [0.15, 0.2) is 4.90 Å². The highest BCUT2D eigenvalue weighted by Crippen LogP contribution is 2.28. The van der Waals surface area contributed by atoms with Crippen molar-refractivity contribution >= 4 is 33.0 Å². The smallest absolute Gasteiger partial charge is 0.293 e. The molecule has 3 aromatic rings. The molecule has 3 rings (SSSR count). The predicted molar refractivity (Wildman–Crippen MR) is 93.9 cm³/mol. The standard InChI is InChI=1S/C15H13ClN4O5S/c1-25-12-3-4-14(13(6-12)20(21)22)26(23,24)17-7-11-9-19-8-10(16)2-5-15(19)18-11/h2-6,8-9,17H,7H2,1H3. The van der Waals surface area contributed by atoms with Crippen LogP contribution in [0.3, 0.4) is 0 Å². The summed E-state index contributed by atoms with van der Waals surface area (Å²) in [6, 6.07) is 6.88. The van der Waals surface area contributed by atoms with Crippen molar-refractivity contribution in [1.82, 2.24) is 14.1 Å². The van der Waals surface area contributed by atoms with Gasteiger partial charge in [0.2, 0.25) is 10.0 Å². The van der Waals surface area contributed by atoms with Crippen LogP contribution in [0.15, 0.2) is 47.6 Å². The molecule has 2 aromatic heterocycles. The molecule has 0 unspecified atom stereocenters. The first kappa shape index (κ1) is 18.1. The second-order valence-corrected chi connectivity index (χ2v) is 7.43. The Balaban J connectivity index is 1.87. The molecule has 0 aliphatic carbocycles. The Bertz CT molecular complexity index is 1100. The van der Waals surface area contributed by atoms with Gasteiger partial charge in [0, 0.05) is 12.4 Å². The van der Waals surface area contributed by atoms with Crippen LogP contribution in [0.4, 0.5) is 5.69 Å². The number of halogens is 1. The van der Waals surface area contributed by atoms with Crippen LogP contribution in [0.1, 0.15) is 5.69 Å². The number of nitro benzene ring substituents is 1. The zero-order valence-electron chi connectivity index (χ0n) is 13.4. The highest BCUT2D eigenvalue weighted by atomic mass is 35.5. The molecule has 0 fully saturated rings. The number of hydrogen-bond donors (Lipinski definition) is 1. The Hall–Kier alpha value is -2.69. The van der Waals surface area contributed by atoms with E-state index in [1.807, 2.05) is 0 Å². The fraction of sp³-hybridized carbons (Fsp3) is 0.133. The second kappa shape index (κ2) is 6.90. The third-order valence-corrected chi connectivity index (χ3v) is 5.23. The third-order valence-electron chi connectivity index (χ3n) is 3.56. The van der Waals surface area contributed by atoms with E-state index in [1.54, 1.807) is 28.9 Å². The fourth-order valence-electron chi connectivity index (χ4n) is 2.34. The average molecular weight is 397 g/mol. The Labute approximate surface area is 153 Å². The highest BCUT2D eigenvalue weighted by molar-refractivity contribution is 7.89. The number of aromatic nitrogens is 2. The van der Waals surface area contributed by atoms with E-state index in [-0.39, 0.29) is 12.3 Å². The van der Waals surface area contributed by atoms with E-state index in [9.17, 15) is 18.5 Å². The molecule has 0 amide bonds. The molecule has 2 heterocycles. The first-order chi connectivity index (χ1) is 12.3. The van der Waals surface area contributed by atoms with E-state index in [0.29, 0.717) is 16.4 Å². The van der Waals surface area contributed by atoms with Gasteiger partial charge in [-0.25, -0.2) is 18.1 Å². The largest absolute Gasteiger partial charge is 0.497 e. The summed E-state index contributed by atoms with van der Waals surface area (Å²) in [5.74, 6) is 0.188. The number of imidazole rings is 1. The van der Waals surface area contributed by atoms with E-state index in [2.05, 4.69) is 9.71 Å². The quantitative estimate of drug-likeness (QED) is 0.505. The lowest BCUT2D eigenvalue weighted by Crippen LogP contribution is -2.24. The number of ether oxygens (including phenoxy) is 1. The summed E-state index contributed by atoms with van der Waals surface area (Å²) >= 11 is 5.90. The predicted octanol–water partition coefficient (Wildman–Crippen LogP) is 2.38. The van der Waals surface area contributed by atoms with Crippen LogP contribution in [0.2, 0.25) is 5.02 Å². The Morgan fingerprint density at radius 1 is 1.31 bits per heavy atom. The lowest BCUT2D eigenvalue weighted by Gasteiger charge is -2.07. The fourth-order valence-corrected chi connectivity index (χ4v) is 3.66. The molecule has 0 bridgehead atoms. The number of sulfonamides is 1. The van der Waals surface area contributed by atoms with Gasteiger partial charge in [-0.15, -0.1) is 0 Å². The minimum absolute atomic E-state index is 0.134. The Morgan fingerprint density at radius 3 is 2.77 bits per heavy atom. The number of fused-ring (bicyclic) bond motifs is 1. The number of hydrogen-bond acceptors (Lipinski definition) is 6. The minimum atomic E-state index is -4.13. The normalized spacial score (nSPS) is 11.6. The summed E-state index contributed by atoms with van der Waals surface area (Å²) in [6.07, 6.45) is 3.25. The average Bonchev–Trinajstić information content (AvgIpc) is 3.01. The molecule has 0 aliphatic rings. The molecule has 136 valence electrons. The van der Waals surface area contributed by atoms with E-state index < -0.39 is 25.5 Å². The first-order valence-electron chi connectivity index (χ1n) is 7.25. The van der Waals surface area contributed by atoms with Gasteiger partial charge < -0.3 is 9.14 Å². The van der Waals surface area contributed by atoms with Crippen LogP contribution < -0.4 is 9.46 Å². The van der Waals surface area contributed by atoms with Crippen molar-refractivity contribution in [2.45, 2.75) is 11.4 Å². The summed E-state index contributed by atoms with van der Waals surface area (Å²) in [6.45, 7) is -0.134. The molecule has 11 heteroatoms. The van der Waals surface area contributed by atoms with Gasteiger partial charge in [-0.2, -0.15) is 0 Å². The lowest BCUT2D eigenvalue weighted by atomic mass is 10.3. The molecular weight excluding hydrogens is 384 g/mol. The Morgan fingerprint density at radius 2 is 2.08 bits per heavy atom. The van der Waals surface area contributed by atoms with Crippen LogP contribution in [0.5, 0.6) is 5.75 Å². The number of pyridine rings is 1. The zero-order chi connectivity index (χ0) is 18.9. The molecule has 0 atom stereocenters. The van der Waals surface area contributed by atoms with Crippen LogP contribution in [-0.4, -0.2) is 29.8 Å². The van der Waals surface area contributed by atoms with Crippen LogP contribution in [0.25, 0.3) is 5.65 Å². The van der Waals surface area contributed by atoms with E-state index >= 15 is 0 Å². The van der Waals surface area contributed by atoms with Gasteiger partial charge in [0.25, 0.3) is 5.69 Å². The Kier molecular flexibility index (Phi) is 4.81. The van der Waals surface area contributed by atoms with E-state index in [0.717, 1.165) is 12.1 Å². The van der Waals surface area contributed by atoms with Crippen LogP contribution in [-0.2, 0) is 16.6 Å². The van der Waals surface area contributed by atoms with Crippen molar-refractivity contribution in [2.75, 3.05) is 7.11 Å². The number of rotatable bonds is 6. The molecule has 0 spiro atoms. The monoisotopic (exact) mass is 396 g/mol. The molecule has 0 aliphatic heterocycles. The maximum atomic E-state index is 12.5. The van der Waals surface area contributed by atoms with Gasteiger partial charge >= 0.3 is 0 Å². The number of nitrogens with one attached hydrogen (secondary N) is 1. The molecule has 0 saturated heterocycles. The van der Waals surface area contributed by atoms with Crippen LogP contribution >= 0.6 is 11.6 Å². The van der Waals surface area contributed by atoms with Crippen LogP contribution in [0, 0.1) is 10.1 Å². The molecule has 0 saturated carbocycles. The molecule has 9 nitrogen and oxygen atoms in total. The number of benzene rings is 1. The second-order valence-electron chi connectivity index (χ2n) is 5.26. The molecule has 26 heavy (non-hydrogen) atoms. The third kappa shape index (κ3) is 3.62. The summed E-state index contributed by atoms with van der Waals surface area (Å²) < 4.78 is 33.8. The minimum Gasteiger partial charge on any atom is -0.497 e. The molecule has 1 aromatic carbocycles. The van der Waals surface area contributed by atoms with Crippen molar-refractivity contribution in [3.05, 3.63) is 63.6 Å². The zero-order valence-corrected chi connectivity index (χ0v) is 15.0. The number of nitro groups is 1. The lowest BCUT2D eigenvalue weighted by molar-refractivity contribution is -0.387. The first-order valence-corrected chi connectivity index (χ1v) is 9.11. The van der Waals surface area contributed by atoms with E-state index in [4.69, 9.17) is 16.3 Å². The summed E-state index contributed by atoms with van der Waals surface area (Å²) in [4.78, 5) is 14.2. The number of nitrogens with zero attached hydrogens (tertiary/aromatic N) is 3. The van der Waals surface area contributed by atoms with Gasteiger partial charge in [-0.3, -0.25) is 10.1 Å². The highest BCUT2D eigenvalue weighted by Gasteiger charge is 2.26. The van der Waals surface area contributed by atoms with Crippen molar-refractivity contribution in [2.24, 2.45) is 0 Å². The maximum Gasteiger partial charge on any atom is 0.293 e. The van der Waals surface area contributed by atoms with Crippen molar-refractivity contribution in [3.8, 4) is 5.75 Å². The van der Waals surface area contributed by atoms with Gasteiger partial charge in [0.05, 0.1) is 35.4 Å². The maximum absolute atomic E-state index is 12.5. The number of methoxy groups -OCH3 is 1. The summed E-state index contributed by atoms with van der Waals surface area (Å²) in [5, 5.41) is 11.7. The molecule has 0 radical (unpaired) electrons. The van der Waals surface area contributed by atoms with Gasteiger partial charge in [0.1, 0.15) is 11.4 Å².